The van der Waals surface area contributed by atoms with Crippen molar-refractivity contribution < 1.29 is 14.3 Å². The number of carbonyl (C=O) groups excluding carboxylic acids is 1. The minimum Gasteiger partial charge on any atom is -0.464 e. The van der Waals surface area contributed by atoms with Gasteiger partial charge < -0.3 is 19.7 Å². The second-order valence-electron chi connectivity index (χ2n) is 7.72. The highest BCUT2D eigenvalue weighted by atomic mass is 35.5. The highest BCUT2D eigenvalue weighted by molar-refractivity contribution is 6.29. The van der Waals surface area contributed by atoms with Crippen LogP contribution in [0.5, 0.6) is 0 Å². The van der Waals surface area contributed by atoms with Crippen molar-refractivity contribution in [3.63, 3.8) is 0 Å². The Labute approximate surface area is 196 Å². The van der Waals surface area contributed by atoms with E-state index in [9.17, 15) is 10.1 Å². The van der Waals surface area contributed by atoms with Crippen LogP contribution < -0.4 is 10.2 Å². The average Bonchev–Trinajstić information content (AvgIpc) is 2.83. The van der Waals surface area contributed by atoms with E-state index < -0.39 is 5.97 Å². The zero-order valence-electron chi connectivity index (χ0n) is 18.6. The molecule has 0 spiro atoms. The normalized spacial score (nSPS) is 14.6. The summed E-state index contributed by atoms with van der Waals surface area (Å²) in [6, 6.07) is 9.14. The summed E-state index contributed by atoms with van der Waals surface area (Å²) in [5.41, 5.74) is 4.05. The maximum absolute atomic E-state index is 12.2. The van der Waals surface area contributed by atoms with Crippen LogP contribution in [0.3, 0.4) is 0 Å². The van der Waals surface area contributed by atoms with E-state index in [4.69, 9.17) is 26.1 Å². The van der Waals surface area contributed by atoms with Gasteiger partial charge in [-0.1, -0.05) is 17.7 Å². The molecule has 1 fully saturated rings. The molecule has 0 bridgehead atoms. The van der Waals surface area contributed by atoms with E-state index in [1.54, 1.807) is 12.1 Å². The fourth-order valence-corrected chi connectivity index (χ4v) is 3.99. The molecule has 1 N–H and O–H groups in total. The van der Waals surface area contributed by atoms with Crippen molar-refractivity contribution in [3.8, 4) is 6.07 Å². The molecule has 1 aromatic carbocycles. The number of aryl methyl sites for hydroxylation is 1. The third-order valence-corrected chi connectivity index (χ3v) is 5.63. The van der Waals surface area contributed by atoms with Crippen LogP contribution in [-0.4, -0.2) is 54.3 Å². The minimum absolute atomic E-state index is 0.0978. The Balaban J connectivity index is 1.79. The number of carbonyl (C=O) groups is 1. The predicted octanol–water partition coefficient (Wildman–Crippen LogP) is 3.65. The molecule has 0 amide bonds. The van der Waals surface area contributed by atoms with Crippen molar-refractivity contribution in [3.05, 3.63) is 51.9 Å². The quantitative estimate of drug-likeness (QED) is 0.444. The molecular formula is C23H23ClN6O3. The maximum Gasteiger partial charge on any atom is 0.358 e. The molecule has 1 aliphatic rings. The molecule has 2 aromatic heterocycles. The van der Waals surface area contributed by atoms with Crippen LogP contribution in [0.2, 0.25) is 5.15 Å². The average molecular weight is 467 g/mol. The summed E-state index contributed by atoms with van der Waals surface area (Å²) in [7, 11) is 1.29. The molecule has 1 saturated heterocycles. The number of fused-ring (bicyclic) bond motifs is 1. The molecule has 0 radical (unpaired) electrons. The number of morpholine rings is 1. The van der Waals surface area contributed by atoms with Gasteiger partial charge in [-0.15, -0.1) is 0 Å². The lowest BCUT2D eigenvalue weighted by Crippen LogP contribution is -2.37. The number of anilines is 2. The van der Waals surface area contributed by atoms with Crippen LogP contribution in [0.4, 0.5) is 11.5 Å². The second-order valence-corrected chi connectivity index (χ2v) is 8.10. The van der Waals surface area contributed by atoms with Gasteiger partial charge in [0.05, 0.1) is 43.1 Å². The van der Waals surface area contributed by atoms with Gasteiger partial charge in [-0.25, -0.2) is 19.7 Å². The summed E-state index contributed by atoms with van der Waals surface area (Å²) < 4.78 is 10.3. The summed E-state index contributed by atoms with van der Waals surface area (Å²) in [6.45, 7) is 6.35. The molecule has 3 aromatic rings. The highest BCUT2D eigenvalue weighted by Gasteiger charge is 2.22. The number of halogens is 1. The van der Waals surface area contributed by atoms with E-state index in [1.807, 2.05) is 30.9 Å². The van der Waals surface area contributed by atoms with Gasteiger partial charge in [-0.3, -0.25) is 0 Å². The predicted molar refractivity (Wildman–Crippen MR) is 125 cm³/mol. The molecule has 170 valence electrons. The van der Waals surface area contributed by atoms with E-state index in [1.165, 1.54) is 7.11 Å². The van der Waals surface area contributed by atoms with Crippen molar-refractivity contribution in [2.75, 3.05) is 43.6 Å². The Morgan fingerprint density at radius 2 is 2.03 bits per heavy atom. The molecule has 10 heteroatoms. The van der Waals surface area contributed by atoms with Crippen LogP contribution in [-0.2, 0) is 9.47 Å². The van der Waals surface area contributed by atoms with E-state index in [0.717, 1.165) is 11.1 Å². The SMILES string of the molecule is COC(=O)c1nc(Cl)ccc1N[C@H](C)c1cc(C)cc2nc(C#N)c(N3CCOCC3)nc12. The number of hydrogen-bond acceptors (Lipinski definition) is 9. The van der Waals surface area contributed by atoms with Crippen molar-refractivity contribution in [1.82, 2.24) is 15.0 Å². The molecule has 4 rings (SSSR count). The fourth-order valence-electron chi connectivity index (χ4n) is 3.84. The summed E-state index contributed by atoms with van der Waals surface area (Å²) >= 11 is 5.99. The number of nitrogens with one attached hydrogen (secondary N) is 1. The van der Waals surface area contributed by atoms with Gasteiger partial charge in [0.15, 0.2) is 17.2 Å². The maximum atomic E-state index is 12.2. The summed E-state index contributed by atoms with van der Waals surface area (Å²) in [5.74, 6) is -0.0385. The summed E-state index contributed by atoms with van der Waals surface area (Å²) in [5, 5.41) is 13.2. The monoisotopic (exact) mass is 466 g/mol. The van der Waals surface area contributed by atoms with E-state index in [2.05, 4.69) is 21.4 Å². The lowest BCUT2D eigenvalue weighted by atomic mass is 10.0. The van der Waals surface area contributed by atoms with Gasteiger partial charge in [0, 0.05) is 18.7 Å². The first-order chi connectivity index (χ1) is 15.9. The number of hydrogen-bond donors (Lipinski definition) is 1. The number of aromatic nitrogens is 3. The highest BCUT2D eigenvalue weighted by Crippen LogP contribution is 2.31. The van der Waals surface area contributed by atoms with Crippen molar-refractivity contribution >= 4 is 40.1 Å². The number of benzene rings is 1. The number of pyridine rings is 1. The zero-order chi connectivity index (χ0) is 23.5. The van der Waals surface area contributed by atoms with Crippen LogP contribution >= 0.6 is 11.6 Å². The smallest absolute Gasteiger partial charge is 0.358 e. The van der Waals surface area contributed by atoms with Crippen LogP contribution in [0, 0.1) is 18.3 Å². The number of rotatable bonds is 5. The molecular weight excluding hydrogens is 444 g/mol. The first kappa shape index (κ1) is 22.7. The molecule has 9 nitrogen and oxygen atoms in total. The Morgan fingerprint density at radius 1 is 1.27 bits per heavy atom. The second kappa shape index (κ2) is 9.57. The minimum atomic E-state index is -0.589. The third-order valence-electron chi connectivity index (χ3n) is 5.42. The van der Waals surface area contributed by atoms with Gasteiger partial charge in [0.25, 0.3) is 0 Å². The lowest BCUT2D eigenvalue weighted by molar-refractivity contribution is 0.0595. The lowest BCUT2D eigenvalue weighted by Gasteiger charge is -2.28. The summed E-state index contributed by atoms with van der Waals surface area (Å²) in [4.78, 5) is 27.8. The van der Waals surface area contributed by atoms with E-state index >= 15 is 0 Å². The number of nitriles is 1. The molecule has 0 aliphatic carbocycles. The summed E-state index contributed by atoms with van der Waals surface area (Å²) in [6.07, 6.45) is 0. The molecule has 0 saturated carbocycles. The molecule has 33 heavy (non-hydrogen) atoms. The Bertz CT molecular complexity index is 1250. The molecule has 1 aliphatic heterocycles. The number of esters is 1. The van der Waals surface area contributed by atoms with Gasteiger partial charge in [-0.2, -0.15) is 5.26 Å². The molecule has 0 unspecified atom stereocenters. The van der Waals surface area contributed by atoms with Crippen LogP contribution in [0.1, 0.15) is 40.3 Å². The van der Waals surface area contributed by atoms with Crippen molar-refractivity contribution in [1.29, 1.82) is 5.26 Å². The van der Waals surface area contributed by atoms with Gasteiger partial charge in [0.2, 0.25) is 0 Å². The topological polar surface area (TPSA) is 113 Å². The largest absolute Gasteiger partial charge is 0.464 e. The zero-order valence-corrected chi connectivity index (χ0v) is 19.3. The molecule has 1 atom stereocenters. The number of ether oxygens (including phenoxy) is 2. The van der Waals surface area contributed by atoms with Crippen LogP contribution in [0.25, 0.3) is 11.0 Å². The van der Waals surface area contributed by atoms with Gasteiger partial charge in [-0.05, 0) is 37.6 Å². The van der Waals surface area contributed by atoms with E-state index in [0.29, 0.717) is 48.8 Å². The Kier molecular flexibility index (Phi) is 6.58. The van der Waals surface area contributed by atoms with Crippen molar-refractivity contribution in [2.24, 2.45) is 0 Å². The van der Waals surface area contributed by atoms with E-state index in [-0.39, 0.29) is 22.6 Å². The van der Waals surface area contributed by atoms with Crippen molar-refractivity contribution in [2.45, 2.75) is 19.9 Å². The Morgan fingerprint density at radius 3 is 2.73 bits per heavy atom. The Hall–Kier alpha value is -3.48. The first-order valence-corrected chi connectivity index (χ1v) is 10.9. The standard InChI is InChI=1S/C23H23ClN6O3/c1-13-10-15(14(2)26-16-4-5-19(24)28-21(16)23(31)32-3)20-17(11-13)27-18(12-25)22(29-20)30-6-8-33-9-7-30/h4-5,10-11,14,26H,6-9H2,1-3H3/t14-/m1/s1. The number of nitrogens with zero attached hydrogens (tertiary/aromatic N) is 5. The van der Waals surface area contributed by atoms with Gasteiger partial charge >= 0.3 is 5.97 Å². The first-order valence-electron chi connectivity index (χ1n) is 10.5. The third kappa shape index (κ3) is 4.67. The fraction of sp³-hybridized carbons (Fsp3) is 0.348. The van der Waals surface area contributed by atoms with Crippen LogP contribution in [0.15, 0.2) is 24.3 Å². The number of methoxy groups -OCH3 is 1. The molecule has 3 heterocycles. The van der Waals surface area contributed by atoms with Gasteiger partial charge in [0.1, 0.15) is 11.2 Å².